The van der Waals surface area contributed by atoms with Gasteiger partial charge in [0.1, 0.15) is 54.4 Å². The first-order valence-electron chi connectivity index (χ1n) is 21.9. The lowest BCUT2D eigenvalue weighted by atomic mass is 9.98. The van der Waals surface area contributed by atoms with Crippen molar-refractivity contribution in [3.8, 4) is 23.0 Å². The van der Waals surface area contributed by atoms with Crippen LogP contribution in [-0.2, 0) is 48.0 Å². The van der Waals surface area contributed by atoms with Crippen molar-refractivity contribution in [2.75, 3.05) is 41.4 Å². The van der Waals surface area contributed by atoms with E-state index in [1.54, 1.807) is 66.7 Å². The SMILES string of the molecule is COc1ccc(C[C@H]2C(=O)N[C@@H](C)C(=O)N(C)C3Cc4ccc(cc4)Oc4cc(ccc4OCCN(C(C)C)C(C)C)CC(C(=O)N[C@H](C)C(=O)N[C@@H](C)C(=O)N2C)N(C)C3=O)cc1. The molecule has 64 heavy (non-hydrogen) atoms. The van der Waals surface area contributed by atoms with E-state index in [4.69, 9.17) is 14.2 Å². The molecule has 1 saturated heterocycles. The summed E-state index contributed by atoms with van der Waals surface area (Å²) in [4.78, 5) is 91.5. The summed E-state index contributed by atoms with van der Waals surface area (Å²) < 4.78 is 18.0. The summed E-state index contributed by atoms with van der Waals surface area (Å²) in [6.07, 6.45) is 0.120. The Labute approximate surface area is 376 Å². The van der Waals surface area contributed by atoms with Crippen LogP contribution in [0.4, 0.5) is 0 Å². The maximum Gasteiger partial charge on any atom is 0.246 e. The van der Waals surface area contributed by atoms with Crippen LogP contribution in [0.5, 0.6) is 23.0 Å². The van der Waals surface area contributed by atoms with Gasteiger partial charge >= 0.3 is 0 Å². The quantitative estimate of drug-likeness (QED) is 0.289. The van der Waals surface area contributed by atoms with Gasteiger partial charge in [0.25, 0.3) is 0 Å². The van der Waals surface area contributed by atoms with Crippen molar-refractivity contribution in [3.63, 3.8) is 0 Å². The molecule has 6 bridgehead atoms. The average Bonchev–Trinajstić information content (AvgIpc) is 3.26. The zero-order chi connectivity index (χ0) is 47.0. The monoisotopic (exact) mass is 883 g/mol. The van der Waals surface area contributed by atoms with Crippen LogP contribution in [0.1, 0.15) is 65.2 Å². The minimum atomic E-state index is -1.18. The second kappa shape index (κ2) is 21.5. The summed E-state index contributed by atoms with van der Waals surface area (Å²) in [7, 11) is 5.97. The zero-order valence-corrected chi connectivity index (χ0v) is 39.0. The van der Waals surface area contributed by atoms with Crippen LogP contribution in [0.15, 0.2) is 66.7 Å². The van der Waals surface area contributed by atoms with E-state index in [1.807, 2.05) is 0 Å². The van der Waals surface area contributed by atoms with Crippen LogP contribution in [0.25, 0.3) is 0 Å². The number of hydrogen-bond donors (Lipinski definition) is 3. The lowest BCUT2D eigenvalue weighted by Gasteiger charge is -2.36. The zero-order valence-electron chi connectivity index (χ0n) is 39.0. The summed E-state index contributed by atoms with van der Waals surface area (Å²) >= 11 is 0. The van der Waals surface area contributed by atoms with Crippen LogP contribution in [0.2, 0.25) is 0 Å². The normalized spacial score (nSPS) is 23.1. The van der Waals surface area contributed by atoms with E-state index in [-0.39, 0.29) is 19.3 Å². The van der Waals surface area contributed by atoms with Crippen LogP contribution >= 0.6 is 0 Å². The summed E-state index contributed by atoms with van der Waals surface area (Å²) in [5.74, 6) is -1.56. The maximum atomic E-state index is 14.9. The standard InChI is InChI=1S/C48H65N7O9/c1-28(2)55(29(3)4)22-23-63-41-21-16-35-26-39-44(57)49-30(5)43(56)50-31(6)46(59)52(8)38(24-33-12-17-36(62-11)18-13-33)45(58)51-32(7)47(60)54(10)40(48(61)53(39)9)25-34-14-19-37(20-15-34)64-42(41)27-35/h12-21,27-32,38-40H,22-26H2,1-11H3,(H,49,57)(H,50,56)(H,51,58)/t30-,31+,32+,38+,39?,40?/m1/s1. The molecule has 16 nitrogen and oxygen atoms in total. The molecule has 0 aliphatic carbocycles. The molecule has 0 saturated carbocycles. The van der Waals surface area contributed by atoms with Gasteiger partial charge in [-0.05, 0) is 102 Å². The summed E-state index contributed by atoms with van der Waals surface area (Å²) in [6, 6.07) is 13.3. The fourth-order valence-corrected chi connectivity index (χ4v) is 8.16. The molecule has 3 heterocycles. The molecule has 3 aromatic rings. The van der Waals surface area contributed by atoms with Gasteiger partial charge in [-0.3, -0.25) is 33.7 Å². The number of likely N-dealkylation sites (N-methyl/N-ethyl adjacent to an activating group) is 3. The van der Waals surface area contributed by atoms with E-state index in [2.05, 4.69) is 48.5 Å². The Kier molecular flexibility index (Phi) is 16.4. The van der Waals surface area contributed by atoms with Gasteiger partial charge in [-0.2, -0.15) is 0 Å². The van der Waals surface area contributed by atoms with E-state index in [0.29, 0.717) is 64.9 Å². The third-order valence-electron chi connectivity index (χ3n) is 12.1. The Morgan fingerprint density at radius 2 is 1.20 bits per heavy atom. The van der Waals surface area contributed by atoms with E-state index >= 15 is 0 Å². The fraction of sp³-hybridized carbons (Fsp3) is 0.500. The Morgan fingerprint density at radius 1 is 0.656 bits per heavy atom. The van der Waals surface area contributed by atoms with Gasteiger partial charge in [-0.1, -0.05) is 30.3 Å². The van der Waals surface area contributed by atoms with Crippen LogP contribution in [-0.4, -0.2) is 145 Å². The van der Waals surface area contributed by atoms with Gasteiger partial charge < -0.3 is 44.9 Å². The van der Waals surface area contributed by atoms with Crippen molar-refractivity contribution in [3.05, 3.63) is 83.4 Å². The lowest BCUT2D eigenvalue weighted by molar-refractivity contribution is -0.149. The summed E-state index contributed by atoms with van der Waals surface area (Å²) in [5.41, 5.74) is 2.04. The van der Waals surface area contributed by atoms with Crippen molar-refractivity contribution in [1.29, 1.82) is 0 Å². The number of ether oxygens (including phenoxy) is 3. The van der Waals surface area contributed by atoms with Crippen molar-refractivity contribution < 1.29 is 43.0 Å². The molecule has 0 aromatic heterocycles. The Morgan fingerprint density at radius 3 is 1.81 bits per heavy atom. The van der Waals surface area contributed by atoms with Crippen LogP contribution in [0.3, 0.4) is 0 Å². The van der Waals surface area contributed by atoms with Crippen LogP contribution < -0.4 is 30.2 Å². The number of carbonyl (C=O) groups excluding carboxylic acids is 6. The number of methoxy groups -OCH3 is 1. The number of hydrogen-bond acceptors (Lipinski definition) is 10. The first-order chi connectivity index (χ1) is 30.3. The Bertz CT molecular complexity index is 2140. The number of fused-ring (bicyclic) bond motifs is 2. The molecule has 16 heteroatoms. The number of rotatable bonds is 9. The molecular weight excluding hydrogens is 819 g/mol. The highest BCUT2D eigenvalue weighted by atomic mass is 16.5. The van der Waals surface area contributed by atoms with Crippen molar-refractivity contribution >= 4 is 35.4 Å². The molecule has 346 valence electrons. The second-order valence-electron chi connectivity index (χ2n) is 17.3. The van der Waals surface area contributed by atoms with Crippen molar-refractivity contribution in [2.24, 2.45) is 0 Å². The second-order valence-corrected chi connectivity index (χ2v) is 17.3. The third kappa shape index (κ3) is 11.9. The third-order valence-corrected chi connectivity index (χ3v) is 12.1. The first kappa shape index (κ1) is 48.9. The van der Waals surface area contributed by atoms with Crippen LogP contribution in [0, 0.1) is 0 Å². The van der Waals surface area contributed by atoms with Gasteiger partial charge in [0.05, 0.1) is 7.11 Å². The molecular formula is C48H65N7O9. The topological polar surface area (TPSA) is 179 Å². The smallest absolute Gasteiger partial charge is 0.246 e. The van der Waals surface area contributed by atoms with E-state index in [0.717, 1.165) is 0 Å². The Hall–Kier alpha value is -6.16. The summed E-state index contributed by atoms with van der Waals surface area (Å²) in [5, 5.41) is 8.23. The molecule has 3 aliphatic heterocycles. The highest BCUT2D eigenvalue weighted by molar-refractivity contribution is 5.98. The largest absolute Gasteiger partial charge is 0.497 e. The summed E-state index contributed by atoms with van der Waals surface area (Å²) in [6.45, 7) is 14.1. The molecule has 0 spiro atoms. The number of amides is 6. The molecule has 1 fully saturated rings. The lowest BCUT2D eigenvalue weighted by Crippen LogP contribution is -2.61. The molecule has 3 N–H and O–H groups in total. The molecule has 6 atom stereocenters. The van der Waals surface area contributed by atoms with Gasteiger partial charge in [-0.25, -0.2) is 0 Å². The Balaban J connectivity index is 1.54. The maximum absolute atomic E-state index is 14.9. The highest BCUT2D eigenvalue weighted by Gasteiger charge is 2.39. The number of nitrogens with one attached hydrogen (secondary N) is 3. The average molecular weight is 884 g/mol. The molecule has 3 aromatic carbocycles. The minimum absolute atomic E-state index is 0.00276. The van der Waals surface area contributed by atoms with Crippen molar-refractivity contribution in [2.45, 2.75) is 116 Å². The highest BCUT2D eigenvalue weighted by Crippen LogP contribution is 2.34. The number of carbonyl (C=O) groups is 6. The molecule has 6 amide bonds. The van der Waals surface area contributed by atoms with Gasteiger partial charge in [0, 0.05) is 59.0 Å². The molecule has 0 radical (unpaired) electrons. The molecule has 2 unspecified atom stereocenters. The first-order valence-corrected chi connectivity index (χ1v) is 21.9. The number of nitrogens with zero attached hydrogens (tertiary/aromatic N) is 4. The van der Waals surface area contributed by atoms with Crippen molar-refractivity contribution in [1.82, 2.24) is 35.6 Å². The van der Waals surface area contributed by atoms with Gasteiger partial charge in [-0.15, -0.1) is 0 Å². The predicted molar refractivity (Wildman–Crippen MR) is 242 cm³/mol. The van der Waals surface area contributed by atoms with E-state index < -0.39 is 71.7 Å². The fourth-order valence-electron chi connectivity index (χ4n) is 8.16. The predicted octanol–water partition coefficient (Wildman–Crippen LogP) is 3.34. The molecule has 6 rings (SSSR count). The van der Waals surface area contributed by atoms with E-state index in [1.165, 1.54) is 63.7 Å². The number of benzene rings is 3. The van der Waals surface area contributed by atoms with Gasteiger partial charge in [0.2, 0.25) is 35.4 Å². The van der Waals surface area contributed by atoms with Gasteiger partial charge in [0.15, 0.2) is 11.5 Å². The minimum Gasteiger partial charge on any atom is -0.497 e. The van der Waals surface area contributed by atoms with E-state index in [9.17, 15) is 28.8 Å². The molecule has 3 aliphatic rings.